The predicted octanol–water partition coefficient (Wildman–Crippen LogP) is 3.61. The number of hydrogen-bond acceptors (Lipinski definition) is 4. The zero-order valence-electron chi connectivity index (χ0n) is 13.6. The third-order valence-corrected chi connectivity index (χ3v) is 3.30. The average molecular weight is 322 g/mol. The van der Waals surface area contributed by atoms with Gasteiger partial charge in [0.05, 0.1) is 14.2 Å². The molecule has 0 amide bonds. The summed E-state index contributed by atoms with van der Waals surface area (Å²) in [6.07, 6.45) is 8.41. The number of hydrogen-bond donors (Lipinski definition) is 0. The van der Waals surface area contributed by atoms with Crippen LogP contribution in [-0.2, 0) is 0 Å². The summed E-state index contributed by atoms with van der Waals surface area (Å²) in [7, 11) is 3.13. The standard InChI is InChI=1S/C20H18O4/c1-4-13-24-19-12-6-15(14-20(19)23-3)5-11-18(21)16-7-9-17(22-2)10-8-16/h1,5-12,14H,13H2,2-3H3/b11-5+. The van der Waals surface area contributed by atoms with Crippen molar-refractivity contribution in [3.8, 4) is 29.6 Å². The molecule has 0 bridgehead atoms. The van der Waals surface area contributed by atoms with E-state index in [2.05, 4.69) is 5.92 Å². The Balaban J connectivity index is 2.12. The molecule has 0 saturated heterocycles. The number of rotatable bonds is 7. The highest BCUT2D eigenvalue weighted by Crippen LogP contribution is 2.28. The van der Waals surface area contributed by atoms with Crippen molar-refractivity contribution in [2.45, 2.75) is 0 Å². The van der Waals surface area contributed by atoms with E-state index in [4.69, 9.17) is 20.6 Å². The molecule has 0 unspecified atom stereocenters. The first-order valence-electron chi connectivity index (χ1n) is 7.28. The second-order valence-corrected chi connectivity index (χ2v) is 4.83. The number of terminal acetylenes is 1. The lowest BCUT2D eigenvalue weighted by Crippen LogP contribution is -1.97. The van der Waals surface area contributed by atoms with Crippen LogP contribution in [0.15, 0.2) is 48.5 Å². The van der Waals surface area contributed by atoms with Crippen molar-refractivity contribution < 1.29 is 19.0 Å². The summed E-state index contributed by atoms with van der Waals surface area (Å²) in [6, 6.07) is 12.3. The number of benzene rings is 2. The molecule has 0 aliphatic heterocycles. The lowest BCUT2D eigenvalue weighted by atomic mass is 10.1. The highest BCUT2D eigenvalue weighted by atomic mass is 16.5. The molecule has 24 heavy (non-hydrogen) atoms. The van der Waals surface area contributed by atoms with Gasteiger partial charge in [0.25, 0.3) is 0 Å². The molecule has 0 heterocycles. The van der Waals surface area contributed by atoms with Gasteiger partial charge in [-0.15, -0.1) is 6.42 Å². The largest absolute Gasteiger partial charge is 0.497 e. The minimum Gasteiger partial charge on any atom is -0.497 e. The maximum absolute atomic E-state index is 12.2. The first kappa shape index (κ1) is 17.2. The van der Waals surface area contributed by atoms with E-state index in [9.17, 15) is 4.79 Å². The molecule has 0 spiro atoms. The lowest BCUT2D eigenvalue weighted by molar-refractivity contribution is 0.104. The van der Waals surface area contributed by atoms with Crippen LogP contribution in [-0.4, -0.2) is 26.6 Å². The van der Waals surface area contributed by atoms with E-state index in [1.165, 1.54) is 6.08 Å². The summed E-state index contributed by atoms with van der Waals surface area (Å²) < 4.78 is 15.7. The van der Waals surface area contributed by atoms with Crippen LogP contribution >= 0.6 is 0 Å². The first-order chi connectivity index (χ1) is 11.7. The summed E-state index contributed by atoms with van der Waals surface area (Å²) in [4.78, 5) is 12.2. The Bertz CT molecular complexity index is 767. The van der Waals surface area contributed by atoms with Crippen LogP contribution in [0, 0.1) is 12.3 Å². The van der Waals surface area contributed by atoms with E-state index in [-0.39, 0.29) is 12.4 Å². The third kappa shape index (κ3) is 4.40. The highest BCUT2D eigenvalue weighted by molar-refractivity contribution is 6.06. The summed E-state index contributed by atoms with van der Waals surface area (Å²) in [5.74, 6) is 4.14. The van der Waals surface area contributed by atoms with E-state index in [1.807, 2.05) is 6.07 Å². The maximum Gasteiger partial charge on any atom is 0.185 e. The van der Waals surface area contributed by atoms with E-state index in [0.717, 1.165) is 5.56 Å². The Morgan fingerprint density at radius 1 is 1.08 bits per heavy atom. The van der Waals surface area contributed by atoms with E-state index in [0.29, 0.717) is 22.8 Å². The zero-order valence-corrected chi connectivity index (χ0v) is 13.6. The number of ketones is 1. The molecule has 0 aliphatic rings. The van der Waals surface area contributed by atoms with E-state index in [1.54, 1.807) is 56.7 Å². The smallest absolute Gasteiger partial charge is 0.185 e. The topological polar surface area (TPSA) is 44.8 Å². The molecule has 0 fully saturated rings. The molecule has 2 aromatic rings. The van der Waals surface area contributed by atoms with Crippen LogP contribution in [0.4, 0.5) is 0 Å². The molecule has 0 saturated carbocycles. The molecular formula is C20H18O4. The van der Waals surface area contributed by atoms with Crippen LogP contribution in [0.2, 0.25) is 0 Å². The zero-order chi connectivity index (χ0) is 17.4. The number of carbonyl (C=O) groups excluding carboxylic acids is 1. The Labute approximate surface area is 141 Å². The Morgan fingerprint density at radius 3 is 2.46 bits per heavy atom. The Hall–Kier alpha value is -3.19. The van der Waals surface area contributed by atoms with Crippen molar-refractivity contribution in [1.29, 1.82) is 0 Å². The van der Waals surface area contributed by atoms with Crippen LogP contribution in [0.3, 0.4) is 0 Å². The molecule has 0 aromatic heterocycles. The van der Waals surface area contributed by atoms with Crippen molar-refractivity contribution >= 4 is 11.9 Å². The van der Waals surface area contributed by atoms with Crippen LogP contribution < -0.4 is 14.2 Å². The fourth-order valence-electron chi connectivity index (χ4n) is 2.05. The van der Waals surface area contributed by atoms with Gasteiger partial charge in [-0.3, -0.25) is 4.79 Å². The molecule has 0 aliphatic carbocycles. The molecule has 4 nitrogen and oxygen atoms in total. The molecule has 122 valence electrons. The number of methoxy groups -OCH3 is 2. The van der Waals surface area contributed by atoms with Gasteiger partial charge in [0, 0.05) is 5.56 Å². The fraction of sp³-hybridized carbons (Fsp3) is 0.150. The SMILES string of the molecule is C#CCOc1ccc(/C=C/C(=O)c2ccc(OC)cc2)cc1OC. The summed E-state index contributed by atoms with van der Waals surface area (Å²) >= 11 is 0. The molecule has 0 N–H and O–H groups in total. The summed E-state index contributed by atoms with van der Waals surface area (Å²) in [5.41, 5.74) is 1.41. The second kappa shape index (κ2) is 8.44. The quantitative estimate of drug-likeness (QED) is 0.444. The lowest BCUT2D eigenvalue weighted by Gasteiger charge is -2.09. The van der Waals surface area contributed by atoms with Crippen molar-refractivity contribution in [2.24, 2.45) is 0 Å². The van der Waals surface area contributed by atoms with E-state index < -0.39 is 0 Å². The van der Waals surface area contributed by atoms with Crippen molar-refractivity contribution in [1.82, 2.24) is 0 Å². The van der Waals surface area contributed by atoms with Gasteiger partial charge in [-0.05, 0) is 48.0 Å². The van der Waals surface area contributed by atoms with Crippen LogP contribution in [0.5, 0.6) is 17.2 Å². The van der Waals surface area contributed by atoms with Crippen molar-refractivity contribution in [3.05, 3.63) is 59.7 Å². The average Bonchev–Trinajstić information content (AvgIpc) is 2.64. The minimum absolute atomic E-state index is 0.0933. The third-order valence-electron chi connectivity index (χ3n) is 3.30. The van der Waals surface area contributed by atoms with Gasteiger partial charge in [-0.25, -0.2) is 0 Å². The van der Waals surface area contributed by atoms with Gasteiger partial charge in [-0.2, -0.15) is 0 Å². The molecule has 2 rings (SSSR count). The highest BCUT2D eigenvalue weighted by Gasteiger charge is 2.05. The molecule has 2 aromatic carbocycles. The first-order valence-corrected chi connectivity index (χ1v) is 7.28. The molecule has 0 atom stereocenters. The van der Waals surface area contributed by atoms with Gasteiger partial charge >= 0.3 is 0 Å². The Kier molecular flexibility index (Phi) is 6.04. The monoisotopic (exact) mass is 322 g/mol. The van der Waals surface area contributed by atoms with Crippen molar-refractivity contribution in [2.75, 3.05) is 20.8 Å². The van der Waals surface area contributed by atoms with Crippen LogP contribution in [0.1, 0.15) is 15.9 Å². The number of ether oxygens (including phenoxy) is 3. The molecular weight excluding hydrogens is 304 g/mol. The van der Waals surface area contributed by atoms with Crippen molar-refractivity contribution in [3.63, 3.8) is 0 Å². The Morgan fingerprint density at radius 2 is 1.83 bits per heavy atom. The predicted molar refractivity (Wildman–Crippen MR) is 93.7 cm³/mol. The molecule has 4 heteroatoms. The number of allylic oxidation sites excluding steroid dienone is 1. The van der Waals surface area contributed by atoms with Gasteiger partial charge in [-0.1, -0.05) is 18.1 Å². The number of carbonyl (C=O) groups is 1. The normalized spacial score (nSPS) is 10.2. The minimum atomic E-state index is -0.0933. The van der Waals surface area contributed by atoms with Gasteiger partial charge < -0.3 is 14.2 Å². The maximum atomic E-state index is 12.2. The van der Waals surface area contributed by atoms with Crippen LogP contribution in [0.25, 0.3) is 6.08 Å². The summed E-state index contributed by atoms with van der Waals surface area (Å²) in [5, 5.41) is 0. The van der Waals surface area contributed by atoms with E-state index >= 15 is 0 Å². The fourth-order valence-corrected chi connectivity index (χ4v) is 2.05. The summed E-state index contributed by atoms with van der Waals surface area (Å²) in [6.45, 7) is 0.168. The van der Waals surface area contributed by atoms with Gasteiger partial charge in [0.2, 0.25) is 0 Å². The molecule has 0 radical (unpaired) electrons. The van der Waals surface area contributed by atoms with Gasteiger partial charge in [0.1, 0.15) is 12.4 Å². The van der Waals surface area contributed by atoms with Gasteiger partial charge in [0.15, 0.2) is 17.3 Å². The second-order valence-electron chi connectivity index (χ2n) is 4.83.